The Morgan fingerprint density at radius 2 is 1.69 bits per heavy atom. The predicted molar refractivity (Wildman–Crippen MR) is 64.1 cm³/mol. The molecule has 3 heterocycles. The molecule has 16 heavy (non-hydrogen) atoms. The Morgan fingerprint density at radius 3 is 2.12 bits per heavy atom. The van der Waals surface area contributed by atoms with Crippen molar-refractivity contribution in [3.05, 3.63) is 0 Å². The molecule has 3 saturated heterocycles. The second-order valence-corrected chi connectivity index (χ2v) is 6.31. The molecule has 1 amide bonds. The highest BCUT2D eigenvalue weighted by Gasteiger charge is 2.40. The predicted octanol–water partition coefficient (Wildman–Crippen LogP) is 0.0471. The van der Waals surface area contributed by atoms with Crippen LogP contribution in [0.1, 0.15) is 20.8 Å². The second kappa shape index (κ2) is 4.00. The highest BCUT2D eigenvalue weighted by atomic mass is 16.2. The molecule has 92 valence electrons. The normalized spacial score (nSPS) is 33.8. The summed E-state index contributed by atoms with van der Waals surface area (Å²) in [7, 11) is 0. The van der Waals surface area contributed by atoms with Crippen molar-refractivity contribution in [1.29, 1.82) is 0 Å². The third-order valence-corrected chi connectivity index (χ3v) is 3.67. The molecule has 4 nitrogen and oxygen atoms in total. The summed E-state index contributed by atoms with van der Waals surface area (Å²) in [5.41, 5.74) is -0.104. The fraction of sp³-hybridized carbons (Fsp3) is 0.917. The minimum absolute atomic E-state index is 0.104. The van der Waals surface area contributed by atoms with Crippen LogP contribution in [0.3, 0.4) is 0 Å². The van der Waals surface area contributed by atoms with Gasteiger partial charge in [0.1, 0.15) is 0 Å². The Labute approximate surface area is 98.2 Å². The van der Waals surface area contributed by atoms with E-state index in [4.69, 9.17) is 0 Å². The number of carbonyl (C=O) groups is 1. The largest absolute Gasteiger partial charge is 0.347 e. The summed E-state index contributed by atoms with van der Waals surface area (Å²) in [6, 6.07) is 0. The molecule has 3 aliphatic heterocycles. The number of quaternary nitrogens is 1. The van der Waals surface area contributed by atoms with Crippen LogP contribution in [0.15, 0.2) is 0 Å². The maximum Gasteiger partial charge on any atom is 0.275 e. The number of carbonyl (C=O) groups excluding carboxylic acids is 1. The van der Waals surface area contributed by atoms with Crippen LogP contribution >= 0.6 is 0 Å². The van der Waals surface area contributed by atoms with Crippen molar-refractivity contribution in [3.63, 3.8) is 0 Å². The molecule has 3 fully saturated rings. The summed E-state index contributed by atoms with van der Waals surface area (Å²) >= 11 is 0. The van der Waals surface area contributed by atoms with Crippen molar-refractivity contribution in [1.82, 2.24) is 10.2 Å². The summed E-state index contributed by atoms with van der Waals surface area (Å²) < 4.78 is 1.01. The Morgan fingerprint density at radius 1 is 1.19 bits per heavy atom. The van der Waals surface area contributed by atoms with Gasteiger partial charge in [-0.25, -0.2) is 0 Å². The van der Waals surface area contributed by atoms with E-state index in [0.717, 1.165) is 24.1 Å². The van der Waals surface area contributed by atoms with Gasteiger partial charge in [-0.2, -0.15) is 0 Å². The van der Waals surface area contributed by atoms with E-state index in [1.54, 1.807) is 0 Å². The molecule has 4 heteroatoms. The van der Waals surface area contributed by atoms with Crippen LogP contribution in [0.25, 0.3) is 0 Å². The first-order valence-electron chi connectivity index (χ1n) is 6.27. The van der Waals surface area contributed by atoms with Gasteiger partial charge in [0.05, 0.1) is 19.6 Å². The van der Waals surface area contributed by atoms with E-state index in [1.807, 2.05) is 20.8 Å². The first-order chi connectivity index (χ1) is 7.39. The van der Waals surface area contributed by atoms with E-state index in [9.17, 15) is 4.79 Å². The van der Waals surface area contributed by atoms with E-state index < -0.39 is 0 Å². The van der Waals surface area contributed by atoms with Gasteiger partial charge in [-0.05, 0) is 20.8 Å². The van der Waals surface area contributed by atoms with Gasteiger partial charge in [0.25, 0.3) is 5.91 Å². The van der Waals surface area contributed by atoms with Crippen LogP contribution < -0.4 is 5.32 Å². The first-order valence-corrected chi connectivity index (χ1v) is 6.27. The molecule has 2 bridgehead atoms. The molecule has 0 spiro atoms. The molecule has 1 N–H and O–H groups in total. The minimum Gasteiger partial charge on any atom is -0.347 e. The zero-order valence-corrected chi connectivity index (χ0v) is 10.8. The maximum atomic E-state index is 12.0. The van der Waals surface area contributed by atoms with E-state index in [-0.39, 0.29) is 11.4 Å². The second-order valence-electron chi connectivity index (χ2n) is 6.31. The van der Waals surface area contributed by atoms with Crippen LogP contribution in [0.5, 0.6) is 0 Å². The maximum absolute atomic E-state index is 12.0. The van der Waals surface area contributed by atoms with Crippen molar-refractivity contribution in [2.24, 2.45) is 0 Å². The van der Waals surface area contributed by atoms with Crippen LogP contribution in [0.4, 0.5) is 0 Å². The van der Waals surface area contributed by atoms with E-state index >= 15 is 0 Å². The van der Waals surface area contributed by atoms with Crippen LogP contribution in [-0.2, 0) is 4.79 Å². The summed E-state index contributed by atoms with van der Waals surface area (Å²) in [6.45, 7) is 13.8. The van der Waals surface area contributed by atoms with Crippen molar-refractivity contribution in [3.8, 4) is 0 Å². The summed E-state index contributed by atoms with van der Waals surface area (Å²) in [5.74, 6) is 0.211. The number of hydrogen-bond acceptors (Lipinski definition) is 2. The zero-order chi connectivity index (χ0) is 11.8. The Kier molecular flexibility index (Phi) is 2.97. The molecule has 0 unspecified atom stereocenters. The lowest BCUT2D eigenvalue weighted by atomic mass is 10.1. The number of rotatable bonds is 2. The van der Waals surface area contributed by atoms with Gasteiger partial charge in [0, 0.05) is 25.2 Å². The van der Waals surface area contributed by atoms with Gasteiger partial charge in [-0.1, -0.05) is 0 Å². The number of piperazine rings is 3. The Bertz CT molecular complexity index is 261. The molecule has 0 aromatic carbocycles. The number of hydrogen-bond donors (Lipinski definition) is 1. The summed E-state index contributed by atoms with van der Waals surface area (Å²) in [5, 5.41) is 3.07. The SMILES string of the molecule is CC(C)(C)NC(=O)C[N+]12CCN(CC1)CC2. The highest BCUT2D eigenvalue weighted by molar-refractivity contribution is 5.77. The third kappa shape index (κ3) is 2.74. The lowest BCUT2D eigenvalue weighted by Gasteiger charge is -2.50. The number of amides is 1. The zero-order valence-electron chi connectivity index (χ0n) is 10.8. The van der Waals surface area contributed by atoms with Gasteiger partial charge in [0.15, 0.2) is 6.54 Å². The molecule has 0 aliphatic carbocycles. The van der Waals surface area contributed by atoms with Crippen molar-refractivity contribution >= 4 is 5.91 Å². The lowest BCUT2D eigenvalue weighted by Crippen LogP contribution is -2.69. The number of nitrogens with one attached hydrogen (secondary N) is 1. The first kappa shape index (κ1) is 11.9. The molecule has 0 aromatic rings. The quantitative estimate of drug-likeness (QED) is 0.675. The molecular weight excluding hydrogens is 202 g/mol. The number of nitrogens with zero attached hydrogens (tertiary/aromatic N) is 2. The monoisotopic (exact) mass is 226 g/mol. The standard InChI is InChI=1S/C12H23N3O/c1-12(2,3)13-11(16)10-15-7-4-14(5-8-15)6-9-15/h4-10H2,1-3H3/p+1. The topological polar surface area (TPSA) is 32.3 Å². The van der Waals surface area contributed by atoms with Gasteiger partial charge in [-0.3, -0.25) is 9.69 Å². The Balaban J connectivity index is 1.91. The van der Waals surface area contributed by atoms with Gasteiger partial charge < -0.3 is 9.80 Å². The van der Waals surface area contributed by atoms with Gasteiger partial charge in [0.2, 0.25) is 0 Å². The van der Waals surface area contributed by atoms with Crippen molar-refractivity contribution in [2.45, 2.75) is 26.3 Å². The lowest BCUT2D eigenvalue weighted by molar-refractivity contribution is -0.933. The minimum atomic E-state index is -0.104. The van der Waals surface area contributed by atoms with E-state index in [2.05, 4.69) is 10.2 Å². The fourth-order valence-electron chi connectivity index (χ4n) is 2.73. The Hall–Kier alpha value is -0.610. The average molecular weight is 226 g/mol. The molecule has 0 aromatic heterocycles. The summed E-state index contributed by atoms with van der Waals surface area (Å²) in [4.78, 5) is 14.5. The van der Waals surface area contributed by atoms with Crippen LogP contribution in [-0.4, -0.2) is 66.6 Å². The molecule has 0 radical (unpaired) electrons. The smallest absolute Gasteiger partial charge is 0.275 e. The molecule has 3 rings (SSSR count). The molecule has 0 saturated carbocycles. The van der Waals surface area contributed by atoms with Gasteiger partial charge in [-0.15, -0.1) is 0 Å². The van der Waals surface area contributed by atoms with E-state index in [0.29, 0.717) is 6.54 Å². The fourth-order valence-corrected chi connectivity index (χ4v) is 2.73. The summed E-state index contributed by atoms with van der Waals surface area (Å²) in [6.07, 6.45) is 0. The van der Waals surface area contributed by atoms with Crippen molar-refractivity contribution in [2.75, 3.05) is 45.8 Å². The average Bonchev–Trinajstić information content (AvgIpc) is 2.16. The van der Waals surface area contributed by atoms with Crippen LogP contribution in [0, 0.1) is 0 Å². The highest BCUT2D eigenvalue weighted by Crippen LogP contribution is 2.19. The molecular formula is C12H24N3O+. The van der Waals surface area contributed by atoms with E-state index in [1.165, 1.54) is 19.6 Å². The molecule has 3 aliphatic rings. The number of fused-ring (bicyclic) bond motifs is 3. The van der Waals surface area contributed by atoms with Crippen molar-refractivity contribution < 1.29 is 9.28 Å². The van der Waals surface area contributed by atoms with Gasteiger partial charge >= 0.3 is 0 Å². The third-order valence-electron chi connectivity index (χ3n) is 3.67. The van der Waals surface area contributed by atoms with Crippen LogP contribution in [0.2, 0.25) is 0 Å². The molecule has 0 atom stereocenters.